The monoisotopic (exact) mass is 909 g/mol. The van der Waals surface area contributed by atoms with Crippen LogP contribution >= 0.6 is 0 Å². The van der Waals surface area contributed by atoms with E-state index >= 15 is 0 Å². The third-order valence-electron chi connectivity index (χ3n) is 17.5. The van der Waals surface area contributed by atoms with Crippen LogP contribution in [0.25, 0.3) is 71.3 Å². The Labute approximate surface area is 412 Å². The molecule has 1 fully saturated rings. The molecule has 71 heavy (non-hydrogen) atoms. The summed E-state index contributed by atoms with van der Waals surface area (Å²) in [6.45, 7) is 4.79. The van der Waals surface area contributed by atoms with Crippen LogP contribution in [0.15, 0.2) is 228 Å². The molecule has 5 aliphatic rings. The van der Waals surface area contributed by atoms with Gasteiger partial charge in [-0.05, 0) is 104 Å². The van der Waals surface area contributed by atoms with Gasteiger partial charge >= 0.3 is 0 Å². The fourth-order valence-corrected chi connectivity index (χ4v) is 14.2. The van der Waals surface area contributed by atoms with Gasteiger partial charge in [0.25, 0.3) is 0 Å². The van der Waals surface area contributed by atoms with Gasteiger partial charge in [-0.25, -0.2) is 0 Å². The lowest BCUT2D eigenvalue weighted by molar-refractivity contribution is 0.232. The van der Waals surface area contributed by atoms with Gasteiger partial charge in [-0.1, -0.05) is 202 Å². The Morgan fingerprint density at radius 2 is 1.08 bits per heavy atom. The van der Waals surface area contributed by atoms with Crippen LogP contribution in [0.3, 0.4) is 0 Å². The van der Waals surface area contributed by atoms with Gasteiger partial charge < -0.3 is 14.1 Å². The van der Waals surface area contributed by atoms with E-state index < -0.39 is 5.41 Å². The average Bonchev–Trinajstić information content (AvgIpc) is 4.01. The maximum absolute atomic E-state index is 7.32. The quantitative estimate of drug-likeness (QED) is 0.176. The maximum Gasteiger partial charge on any atom is 0.143 e. The minimum Gasteiger partial charge on any atom is -0.455 e. The highest BCUT2D eigenvalue weighted by atomic mass is 16.5. The predicted molar refractivity (Wildman–Crippen MR) is 291 cm³/mol. The summed E-state index contributed by atoms with van der Waals surface area (Å²) < 4.78 is 13.9. The van der Waals surface area contributed by atoms with Crippen LogP contribution in [0, 0.1) is 5.92 Å². The summed E-state index contributed by atoms with van der Waals surface area (Å²) in [7, 11) is 0. The molecule has 0 saturated heterocycles. The molecule has 1 aromatic heterocycles. The van der Waals surface area contributed by atoms with Crippen LogP contribution in [0.5, 0.6) is 11.5 Å². The van der Waals surface area contributed by atoms with Gasteiger partial charge in [0.15, 0.2) is 0 Å². The fourth-order valence-electron chi connectivity index (χ4n) is 14.2. The highest BCUT2D eigenvalue weighted by Crippen LogP contribution is 2.69. The largest absolute Gasteiger partial charge is 0.455 e. The summed E-state index contributed by atoms with van der Waals surface area (Å²) in [5, 5.41) is 6.93. The van der Waals surface area contributed by atoms with E-state index in [2.05, 4.69) is 231 Å². The first kappa shape index (κ1) is 39.4. The normalized spacial score (nSPS) is 19.2. The minimum absolute atomic E-state index is 0.146. The Balaban J connectivity index is 0.914. The summed E-state index contributed by atoms with van der Waals surface area (Å²) in [4.78, 5) is 2.72. The van der Waals surface area contributed by atoms with Gasteiger partial charge in [-0.15, -0.1) is 0 Å². The first-order valence-electron chi connectivity index (χ1n) is 25.2. The van der Waals surface area contributed by atoms with Crippen molar-refractivity contribution in [3.63, 3.8) is 0 Å². The lowest BCUT2D eigenvalue weighted by Crippen LogP contribution is -2.58. The first-order valence-corrected chi connectivity index (χ1v) is 25.2. The summed E-state index contributed by atoms with van der Waals surface area (Å²) in [6, 6.07) is 76.6. The molecule has 10 aromatic carbocycles. The molecule has 16 rings (SSSR count). The number of rotatable bonds is 4. The summed E-state index contributed by atoms with van der Waals surface area (Å²) >= 11 is 0. The molecule has 4 aliphatic carbocycles. The number of hydrogen-bond acceptors (Lipinski definition) is 3. The molecule has 0 bridgehead atoms. The standard InChI is InChI=1S/C68H47NO2/c1-66(2)54-23-10-7-18-49(54)50-33-32-45(40-60(50)66)69(44-30-26-43(27-31-44)46-21-13-22-52-51-19-9-12-25-61(51)70-63(46)52)67-38-36-56(67)62-53-20-8-11-24-55(53)68(57(62)37-39-67)58-34-28-41-14-3-5-16-47(41)64(58)71-65-48-17-6-4-15-42(48)29-35-59(65)68/h3-35,37,39-40,56H,36,38H2,1-2H3. The van der Waals surface area contributed by atoms with Crippen molar-refractivity contribution in [2.75, 3.05) is 4.90 Å². The van der Waals surface area contributed by atoms with Crippen LogP contribution in [-0.4, -0.2) is 5.54 Å². The van der Waals surface area contributed by atoms with Crippen LogP contribution in [0.4, 0.5) is 11.4 Å². The van der Waals surface area contributed by atoms with Crippen molar-refractivity contribution in [2.45, 2.75) is 43.1 Å². The Kier molecular flexibility index (Phi) is 7.72. The van der Waals surface area contributed by atoms with Crippen molar-refractivity contribution in [3.8, 4) is 33.8 Å². The molecule has 2 unspecified atom stereocenters. The molecular formula is C68H47NO2. The molecule has 1 saturated carbocycles. The van der Waals surface area contributed by atoms with Gasteiger partial charge in [0, 0.05) is 60.9 Å². The number of nitrogens with zero attached hydrogens (tertiary/aromatic N) is 1. The number of allylic oxidation sites excluding steroid dienone is 2. The summed E-state index contributed by atoms with van der Waals surface area (Å²) in [6.07, 6.45) is 7.25. The molecular weight excluding hydrogens is 863 g/mol. The van der Waals surface area contributed by atoms with E-state index in [1.807, 2.05) is 6.07 Å². The van der Waals surface area contributed by atoms with E-state index in [9.17, 15) is 0 Å². The Morgan fingerprint density at radius 3 is 1.82 bits per heavy atom. The predicted octanol–water partition coefficient (Wildman–Crippen LogP) is 17.6. The Morgan fingerprint density at radius 1 is 0.479 bits per heavy atom. The van der Waals surface area contributed by atoms with Gasteiger partial charge in [0.05, 0.1) is 11.0 Å². The number of anilines is 2. The number of hydrogen-bond donors (Lipinski definition) is 0. The van der Waals surface area contributed by atoms with Crippen molar-refractivity contribution in [2.24, 2.45) is 5.92 Å². The molecule has 336 valence electrons. The smallest absolute Gasteiger partial charge is 0.143 e. The second kappa shape index (κ2) is 13.9. The van der Waals surface area contributed by atoms with E-state index in [1.54, 1.807) is 0 Å². The third kappa shape index (κ3) is 4.98. The van der Waals surface area contributed by atoms with Gasteiger partial charge in [-0.3, -0.25) is 0 Å². The molecule has 2 heterocycles. The molecule has 11 aromatic rings. The number of ether oxygens (including phenoxy) is 1. The zero-order chi connectivity index (χ0) is 46.8. The van der Waals surface area contributed by atoms with E-state index in [1.165, 1.54) is 77.8 Å². The van der Waals surface area contributed by atoms with E-state index in [0.717, 1.165) is 68.2 Å². The third-order valence-corrected chi connectivity index (χ3v) is 17.5. The minimum atomic E-state index is -0.589. The van der Waals surface area contributed by atoms with Crippen molar-refractivity contribution < 1.29 is 9.15 Å². The molecule has 1 spiro atoms. The van der Waals surface area contributed by atoms with Gasteiger partial charge in [-0.2, -0.15) is 0 Å². The molecule has 0 radical (unpaired) electrons. The van der Waals surface area contributed by atoms with E-state index in [0.29, 0.717) is 0 Å². The first-order chi connectivity index (χ1) is 34.9. The molecule has 0 N–H and O–H groups in total. The van der Waals surface area contributed by atoms with Crippen molar-refractivity contribution in [1.82, 2.24) is 0 Å². The molecule has 3 nitrogen and oxygen atoms in total. The molecule has 3 heteroatoms. The molecule has 2 atom stereocenters. The highest BCUT2D eigenvalue weighted by Gasteiger charge is 2.61. The van der Waals surface area contributed by atoms with E-state index in [-0.39, 0.29) is 16.9 Å². The van der Waals surface area contributed by atoms with Crippen LogP contribution in [0.1, 0.15) is 60.1 Å². The van der Waals surface area contributed by atoms with Crippen molar-refractivity contribution >= 4 is 60.4 Å². The maximum atomic E-state index is 7.32. The zero-order valence-electron chi connectivity index (χ0n) is 39.5. The average molecular weight is 910 g/mol. The van der Waals surface area contributed by atoms with Crippen molar-refractivity contribution in [3.05, 3.63) is 257 Å². The fraction of sp³-hybridized carbons (Fsp3) is 0.118. The van der Waals surface area contributed by atoms with Crippen LogP contribution < -0.4 is 9.64 Å². The number of para-hydroxylation sites is 2. The summed E-state index contributed by atoms with van der Waals surface area (Å²) in [5.41, 5.74) is 18.8. The highest BCUT2D eigenvalue weighted by molar-refractivity contribution is 6.10. The van der Waals surface area contributed by atoms with Gasteiger partial charge in [0.2, 0.25) is 0 Å². The SMILES string of the molecule is CC1(C)c2ccccc2-c2ccc(N(c3ccc(-c4cccc5c4oc4ccccc45)cc3)C34C=CC5=C(c6ccccc6C56c5ccc7ccccc7c5Oc5c6ccc6ccccc56)C3CC4)cc21. The molecule has 1 aliphatic heterocycles. The Bertz CT molecular complexity index is 4120. The Hall–Kier alpha value is -8.40. The lowest BCUT2D eigenvalue weighted by atomic mass is 9.56. The summed E-state index contributed by atoms with van der Waals surface area (Å²) in [5.74, 6) is 2.12. The number of benzene rings is 10. The number of furan rings is 1. The molecule has 0 amide bonds. The topological polar surface area (TPSA) is 25.6 Å². The second-order valence-corrected chi connectivity index (χ2v) is 21.0. The zero-order valence-corrected chi connectivity index (χ0v) is 39.5. The van der Waals surface area contributed by atoms with Crippen molar-refractivity contribution in [1.29, 1.82) is 0 Å². The number of fused-ring (bicyclic) bond motifs is 20. The van der Waals surface area contributed by atoms with E-state index in [4.69, 9.17) is 9.15 Å². The van der Waals surface area contributed by atoms with Crippen LogP contribution in [0.2, 0.25) is 0 Å². The van der Waals surface area contributed by atoms with Gasteiger partial charge in [0.1, 0.15) is 22.7 Å². The second-order valence-electron chi connectivity index (χ2n) is 21.0. The lowest BCUT2D eigenvalue weighted by Gasteiger charge is -2.58. The van der Waals surface area contributed by atoms with Crippen LogP contribution in [-0.2, 0) is 10.8 Å².